The standard InChI is InChI=1S/C24H25Cl2NO3/c1-15-7-12-18-19(25)14-20(26)23(22(18)27-15)30-21(28)6-5-13-29-17-10-8-16(9-11-17)24(2,3)4/h7-12,14H,5-6,13H2,1-4H3. The first-order valence-electron chi connectivity index (χ1n) is 9.84. The van der Waals surface area contributed by atoms with Crippen molar-refractivity contribution in [3.05, 3.63) is 63.8 Å². The van der Waals surface area contributed by atoms with E-state index in [0.29, 0.717) is 29.0 Å². The Balaban J connectivity index is 1.57. The maximum Gasteiger partial charge on any atom is 0.311 e. The Bertz CT molecular complexity index is 1060. The summed E-state index contributed by atoms with van der Waals surface area (Å²) < 4.78 is 11.3. The van der Waals surface area contributed by atoms with Crippen LogP contribution in [-0.2, 0) is 10.2 Å². The quantitative estimate of drug-likeness (QED) is 0.235. The highest BCUT2D eigenvalue weighted by atomic mass is 35.5. The zero-order valence-corrected chi connectivity index (χ0v) is 19.1. The van der Waals surface area contributed by atoms with E-state index < -0.39 is 5.97 Å². The van der Waals surface area contributed by atoms with Gasteiger partial charge in [-0.15, -0.1) is 0 Å². The van der Waals surface area contributed by atoms with E-state index in [-0.39, 0.29) is 22.6 Å². The van der Waals surface area contributed by atoms with E-state index in [1.807, 2.05) is 31.2 Å². The fraction of sp³-hybridized carbons (Fsp3) is 0.333. The third-order valence-electron chi connectivity index (χ3n) is 4.71. The Morgan fingerprint density at radius 2 is 1.73 bits per heavy atom. The van der Waals surface area contributed by atoms with Gasteiger partial charge in [0.15, 0.2) is 5.75 Å². The van der Waals surface area contributed by atoms with Gasteiger partial charge in [-0.2, -0.15) is 0 Å². The summed E-state index contributed by atoms with van der Waals surface area (Å²) in [6, 6.07) is 13.3. The van der Waals surface area contributed by atoms with Crippen molar-refractivity contribution in [2.75, 3.05) is 6.61 Å². The van der Waals surface area contributed by atoms with E-state index in [4.69, 9.17) is 32.7 Å². The van der Waals surface area contributed by atoms with E-state index in [0.717, 1.165) is 11.4 Å². The number of halogens is 2. The topological polar surface area (TPSA) is 48.4 Å². The van der Waals surface area contributed by atoms with Gasteiger partial charge in [-0.05, 0) is 54.7 Å². The number of nitrogens with zero attached hydrogens (tertiary/aromatic N) is 1. The van der Waals surface area contributed by atoms with Gasteiger partial charge in [-0.3, -0.25) is 4.79 Å². The molecule has 0 radical (unpaired) electrons. The third kappa shape index (κ3) is 5.44. The highest BCUT2D eigenvalue weighted by Crippen LogP contribution is 2.37. The first-order chi connectivity index (χ1) is 14.1. The zero-order chi connectivity index (χ0) is 21.9. The van der Waals surface area contributed by atoms with Crippen LogP contribution in [0.15, 0.2) is 42.5 Å². The van der Waals surface area contributed by atoms with Gasteiger partial charge in [0.25, 0.3) is 0 Å². The number of hydrogen-bond acceptors (Lipinski definition) is 4. The van der Waals surface area contributed by atoms with Crippen LogP contribution >= 0.6 is 23.2 Å². The molecule has 0 aliphatic carbocycles. The summed E-state index contributed by atoms with van der Waals surface area (Å²) in [5.41, 5.74) is 2.61. The maximum atomic E-state index is 12.3. The number of esters is 1. The highest BCUT2D eigenvalue weighted by molar-refractivity contribution is 6.39. The minimum absolute atomic E-state index is 0.1000. The molecule has 158 valence electrons. The Hall–Kier alpha value is -2.30. The van der Waals surface area contributed by atoms with Crippen LogP contribution in [0.25, 0.3) is 10.9 Å². The number of benzene rings is 2. The second-order valence-electron chi connectivity index (χ2n) is 8.22. The number of aryl methyl sites for hydroxylation is 1. The molecular formula is C24H25Cl2NO3. The van der Waals surface area contributed by atoms with E-state index in [9.17, 15) is 4.79 Å². The van der Waals surface area contributed by atoms with Crippen molar-refractivity contribution in [3.8, 4) is 11.5 Å². The lowest BCUT2D eigenvalue weighted by Crippen LogP contribution is -2.11. The molecule has 0 saturated heterocycles. The zero-order valence-electron chi connectivity index (χ0n) is 17.6. The highest BCUT2D eigenvalue weighted by Gasteiger charge is 2.17. The van der Waals surface area contributed by atoms with Gasteiger partial charge in [0, 0.05) is 17.5 Å². The molecule has 0 aliphatic heterocycles. The third-order valence-corrected chi connectivity index (χ3v) is 5.30. The Morgan fingerprint density at radius 3 is 2.40 bits per heavy atom. The van der Waals surface area contributed by atoms with E-state index in [1.54, 1.807) is 6.07 Å². The number of pyridine rings is 1. The summed E-state index contributed by atoms with van der Waals surface area (Å²) in [7, 11) is 0. The van der Waals surface area contributed by atoms with Gasteiger partial charge < -0.3 is 9.47 Å². The molecule has 3 rings (SSSR count). The van der Waals surface area contributed by atoms with Crippen LogP contribution in [0.5, 0.6) is 11.5 Å². The molecular weight excluding hydrogens is 421 g/mol. The lowest BCUT2D eigenvalue weighted by molar-refractivity contribution is -0.134. The number of carbonyl (C=O) groups excluding carboxylic acids is 1. The maximum absolute atomic E-state index is 12.3. The van der Waals surface area contributed by atoms with Gasteiger partial charge in [-0.25, -0.2) is 4.98 Å². The number of aromatic nitrogens is 1. The van der Waals surface area contributed by atoms with Crippen molar-refractivity contribution in [3.63, 3.8) is 0 Å². The monoisotopic (exact) mass is 445 g/mol. The van der Waals surface area contributed by atoms with Gasteiger partial charge in [-0.1, -0.05) is 56.1 Å². The second-order valence-corrected chi connectivity index (χ2v) is 9.03. The molecule has 0 amide bonds. The Morgan fingerprint density at radius 1 is 1.03 bits per heavy atom. The predicted octanol–water partition coefficient (Wildman–Crippen LogP) is 6.91. The molecule has 0 unspecified atom stereocenters. The van der Waals surface area contributed by atoms with Crippen molar-refractivity contribution in [2.24, 2.45) is 0 Å². The predicted molar refractivity (Wildman–Crippen MR) is 122 cm³/mol. The average molecular weight is 446 g/mol. The van der Waals surface area contributed by atoms with E-state index >= 15 is 0 Å². The summed E-state index contributed by atoms with van der Waals surface area (Å²) in [5.74, 6) is 0.627. The Labute approximate surface area is 187 Å². The van der Waals surface area contributed by atoms with Gasteiger partial charge in [0.1, 0.15) is 11.3 Å². The van der Waals surface area contributed by atoms with Gasteiger partial charge >= 0.3 is 5.97 Å². The molecule has 6 heteroatoms. The SMILES string of the molecule is Cc1ccc2c(Cl)cc(Cl)c(OC(=O)CCCOc3ccc(C(C)(C)C)cc3)c2n1. The van der Waals surface area contributed by atoms with Gasteiger partial charge in [0.05, 0.1) is 16.7 Å². The number of carbonyl (C=O) groups is 1. The number of hydrogen-bond donors (Lipinski definition) is 0. The van der Waals surface area contributed by atoms with Crippen molar-refractivity contribution in [1.29, 1.82) is 0 Å². The molecule has 0 atom stereocenters. The molecule has 2 aromatic carbocycles. The molecule has 0 spiro atoms. The van der Waals surface area contributed by atoms with Crippen molar-refractivity contribution in [2.45, 2.75) is 46.0 Å². The molecule has 30 heavy (non-hydrogen) atoms. The molecule has 1 heterocycles. The smallest absolute Gasteiger partial charge is 0.311 e. The number of fused-ring (bicyclic) bond motifs is 1. The summed E-state index contributed by atoms with van der Waals surface area (Å²) >= 11 is 12.5. The minimum atomic E-state index is -0.393. The lowest BCUT2D eigenvalue weighted by atomic mass is 9.87. The molecule has 1 aromatic heterocycles. The molecule has 4 nitrogen and oxygen atoms in total. The van der Waals surface area contributed by atoms with Crippen LogP contribution in [0.3, 0.4) is 0 Å². The first-order valence-corrected chi connectivity index (χ1v) is 10.6. The van der Waals surface area contributed by atoms with Crippen LogP contribution < -0.4 is 9.47 Å². The van der Waals surface area contributed by atoms with E-state index in [2.05, 4.69) is 37.9 Å². The fourth-order valence-corrected chi connectivity index (χ4v) is 3.56. The van der Waals surface area contributed by atoms with Crippen molar-refractivity contribution >= 4 is 40.1 Å². The summed E-state index contributed by atoms with van der Waals surface area (Å²) in [4.78, 5) is 16.8. The molecule has 0 N–H and O–H groups in total. The van der Waals surface area contributed by atoms with Crippen LogP contribution in [0.1, 0.15) is 44.9 Å². The van der Waals surface area contributed by atoms with Crippen molar-refractivity contribution < 1.29 is 14.3 Å². The molecule has 0 saturated carbocycles. The van der Waals surface area contributed by atoms with Crippen LogP contribution in [0.4, 0.5) is 0 Å². The number of ether oxygens (including phenoxy) is 2. The van der Waals surface area contributed by atoms with Gasteiger partial charge in [0.2, 0.25) is 0 Å². The number of rotatable bonds is 6. The molecule has 0 fully saturated rings. The lowest BCUT2D eigenvalue weighted by Gasteiger charge is -2.19. The largest absolute Gasteiger partial charge is 0.494 e. The fourth-order valence-electron chi connectivity index (χ4n) is 3.01. The summed E-state index contributed by atoms with van der Waals surface area (Å²) in [6.45, 7) is 8.77. The Kier molecular flexibility index (Phi) is 6.89. The van der Waals surface area contributed by atoms with Crippen LogP contribution in [0, 0.1) is 6.92 Å². The normalized spacial score (nSPS) is 11.5. The van der Waals surface area contributed by atoms with Crippen molar-refractivity contribution in [1.82, 2.24) is 4.98 Å². The molecule has 0 bridgehead atoms. The van der Waals surface area contributed by atoms with E-state index in [1.165, 1.54) is 5.56 Å². The average Bonchev–Trinajstić information content (AvgIpc) is 2.68. The first kappa shape index (κ1) is 22.4. The molecule has 0 aliphatic rings. The summed E-state index contributed by atoms with van der Waals surface area (Å²) in [6.07, 6.45) is 0.724. The summed E-state index contributed by atoms with van der Waals surface area (Å²) in [5, 5.41) is 1.42. The molecule has 3 aromatic rings. The van der Waals surface area contributed by atoms with Crippen LogP contribution in [0.2, 0.25) is 10.0 Å². The van der Waals surface area contributed by atoms with Crippen LogP contribution in [-0.4, -0.2) is 17.6 Å². The minimum Gasteiger partial charge on any atom is -0.494 e. The second kappa shape index (κ2) is 9.23.